The van der Waals surface area contributed by atoms with Crippen LogP contribution in [0.15, 0.2) is 219 Å². The van der Waals surface area contributed by atoms with Gasteiger partial charge in [-0.1, -0.05) is 234 Å². The van der Waals surface area contributed by atoms with E-state index < -0.39 is 0 Å². The molecule has 29 rings (SSSR count). The third-order valence-electron chi connectivity index (χ3n) is 36.0. The summed E-state index contributed by atoms with van der Waals surface area (Å²) in [5.74, 6) is 13.3. The molecular formula is C122H142O18. The molecule has 29 aliphatic carbocycles. The summed E-state index contributed by atoms with van der Waals surface area (Å²) < 4.78 is 0. The van der Waals surface area contributed by atoms with Gasteiger partial charge in [0.25, 0.3) is 0 Å². The van der Waals surface area contributed by atoms with E-state index in [1.54, 1.807) is 0 Å². The van der Waals surface area contributed by atoms with Gasteiger partial charge in [0.2, 0.25) is 0 Å². The molecule has 17 fully saturated rings. The lowest BCUT2D eigenvalue weighted by molar-refractivity contribution is -0.145. The van der Waals surface area contributed by atoms with Gasteiger partial charge in [0.05, 0.1) is 0 Å². The minimum atomic E-state index is -0.193. The van der Waals surface area contributed by atoms with Crippen LogP contribution in [-0.4, -0.2) is 104 Å². The van der Waals surface area contributed by atoms with Gasteiger partial charge in [0.15, 0.2) is 69.4 Å². The molecule has 36 atom stereocenters. The van der Waals surface area contributed by atoms with Crippen molar-refractivity contribution in [2.24, 2.45) is 246 Å². The molecule has 0 spiro atoms. The van der Waals surface area contributed by atoms with Crippen molar-refractivity contribution >= 4 is 104 Å². The highest BCUT2D eigenvalue weighted by Crippen LogP contribution is 2.83. The Hall–Kier alpha value is -10.6. The van der Waals surface area contributed by atoms with Crippen molar-refractivity contribution in [2.45, 2.75) is 176 Å². The zero-order valence-corrected chi connectivity index (χ0v) is 84.6. The molecule has 0 amide bonds. The summed E-state index contributed by atoms with van der Waals surface area (Å²) in [5.41, 5.74) is 0.862. The second kappa shape index (κ2) is 38.9. The Morgan fingerprint density at radius 2 is 0.450 bits per heavy atom. The van der Waals surface area contributed by atoms with Crippen molar-refractivity contribution in [1.29, 1.82) is 0 Å². The number of carbonyl (C=O) groups is 18. The Labute approximate surface area is 825 Å². The molecule has 0 aromatic heterocycles. The molecule has 0 aromatic rings. The van der Waals surface area contributed by atoms with Gasteiger partial charge in [0, 0.05) is 107 Å². The highest BCUT2D eigenvalue weighted by Gasteiger charge is 2.86. The number of rotatable bonds is 1. The van der Waals surface area contributed by atoms with Crippen LogP contribution in [0, 0.1) is 246 Å². The van der Waals surface area contributed by atoms with Gasteiger partial charge in [0.1, 0.15) is 34.7 Å². The summed E-state index contributed by atoms with van der Waals surface area (Å²) in [7, 11) is 0. The van der Waals surface area contributed by atoms with Crippen LogP contribution in [0.1, 0.15) is 176 Å². The number of hydrogen-bond donors (Lipinski definition) is 0. The fraction of sp³-hybridized carbons (Fsp3) is 0.557. The van der Waals surface area contributed by atoms with Gasteiger partial charge >= 0.3 is 0 Å². The Morgan fingerprint density at radius 1 is 0.221 bits per heavy atom. The van der Waals surface area contributed by atoms with Crippen LogP contribution in [0.3, 0.4) is 0 Å². The van der Waals surface area contributed by atoms with Crippen molar-refractivity contribution in [1.82, 2.24) is 0 Å². The van der Waals surface area contributed by atoms with E-state index in [1.807, 2.05) is 0 Å². The summed E-state index contributed by atoms with van der Waals surface area (Å²) in [6.07, 6.45) is 71.5. The normalized spacial score (nSPS) is 40.6. The maximum absolute atomic E-state index is 12.8. The van der Waals surface area contributed by atoms with Gasteiger partial charge in [-0.25, -0.2) is 0 Å². The average Bonchev–Trinajstić information content (AvgIpc) is 1.47. The first-order valence-electron chi connectivity index (χ1n) is 51.7. The lowest BCUT2D eigenvalue weighted by Gasteiger charge is -2.55. The minimum Gasteiger partial charge on any atom is -0.299 e. The summed E-state index contributed by atoms with van der Waals surface area (Å²) in [6.45, 7) is 39.6. The van der Waals surface area contributed by atoms with E-state index in [0.29, 0.717) is 140 Å². The zero-order chi connectivity index (χ0) is 101. The Kier molecular flexibility index (Phi) is 28.4. The molecule has 0 N–H and O–H groups in total. The zero-order valence-electron chi connectivity index (χ0n) is 84.6. The lowest BCUT2D eigenvalue weighted by atomic mass is 9.48. The minimum absolute atomic E-state index is 0.0105. The monoisotopic (exact) mass is 1900 g/mol. The van der Waals surface area contributed by atoms with Gasteiger partial charge < -0.3 is 0 Å². The van der Waals surface area contributed by atoms with Gasteiger partial charge in [-0.15, -0.1) is 0 Å². The summed E-state index contributed by atoms with van der Waals surface area (Å²) in [4.78, 5) is 206. The quantitative estimate of drug-likeness (QED) is 0.134. The predicted octanol–water partition coefficient (Wildman–Crippen LogP) is 19.0. The average molecular weight is 1900 g/mol. The molecule has 0 aliphatic heterocycles. The maximum atomic E-state index is 12.8. The summed E-state index contributed by atoms with van der Waals surface area (Å²) in [6, 6.07) is 0. The molecule has 0 aromatic carbocycles. The molecule has 29 aliphatic rings. The second-order valence-electron chi connectivity index (χ2n) is 50.5. The highest BCUT2D eigenvalue weighted by molar-refractivity contribution is 6.17. The molecule has 17 saturated carbocycles. The number of hydrogen-bond acceptors (Lipinski definition) is 18. The predicted molar refractivity (Wildman–Crippen MR) is 534 cm³/mol. The lowest BCUT2D eigenvalue weighted by Crippen LogP contribution is -2.53. The molecule has 18 heteroatoms. The Balaban J connectivity index is 0.000000112. The van der Waals surface area contributed by atoms with Crippen molar-refractivity contribution in [3.8, 4) is 0 Å². The molecule has 738 valence electrons. The van der Waals surface area contributed by atoms with Crippen LogP contribution in [0.5, 0.6) is 0 Å². The molecule has 0 saturated heterocycles. The van der Waals surface area contributed by atoms with E-state index in [1.165, 1.54) is 135 Å². The molecule has 140 heavy (non-hydrogen) atoms. The first kappa shape index (κ1) is 102. The van der Waals surface area contributed by atoms with E-state index in [-0.39, 0.29) is 209 Å². The maximum Gasteiger partial charge on any atom is 0.178 e. The van der Waals surface area contributed by atoms with Crippen molar-refractivity contribution < 1.29 is 86.3 Å². The molecule has 18 nitrogen and oxygen atoms in total. The number of fused-ring (bicyclic) bond motifs is 11. The molecule has 14 bridgehead atoms. The van der Waals surface area contributed by atoms with Crippen LogP contribution in [0.2, 0.25) is 0 Å². The van der Waals surface area contributed by atoms with Crippen molar-refractivity contribution in [3.63, 3.8) is 0 Å². The fourth-order valence-electron chi connectivity index (χ4n) is 31.1. The van der Waals surface area contributed by atoms with E-state index >= 15 is 0 Å². The number of carbonyl (C=O) groups excluding carboxylic acids is 18. The number of ketones is 18. The van der Waals surface area contributed by atoms with Crippen molar-refractivity contribution in [2.75, 3.05) is 0 Å². The first-order valence-corrected chi connectivity index (χ1v) is 51.7. The molecule has 0 heterocycles. The largest absolute Gasteiger partial charge is 0.299 e. The second-order valence-corrected chi connectivity index (χ2v) is 50.5. The van der Waals surface area contributed by atoms with Gasteiger partial charge in [-0.05, 0) is 300 Å². The van der Waals surface area contributed by atoms with Crippen LogP contribution in [0.25, 0.3) is 0 Å². The van der Waals surface area contributed by atoms with E-state index in [2.05, 4.69) is 234 Å². The van der Waals surface area contributed by atoms with Crippen LogP contribution < -0.4 is 0 Å². The highest BCUT2D eigenvalue weighted by atomic mass is 16.2. The first-order chi connectivity index (χ1) is 65.8. The smallest absolute Gasteiger partial charge is 0.178 e. The number of Topliss-reactive ketones (excluding diaryl/α,β-unsaturated/α-hetero) is 6. The van der Waals surface area contributed by atoms with Gasteiger partial charge in [-0.2, -0.15) is 0 Å². The molecule has 0 radical (unpaired) electrons. The van der Waals surface area contributed by atoms with Gasteiger partial charge in [-0.3, -0.25) is 86.3 Å². The standard InChI is InChI=1S/2C18H26O2.C12H12O2.C12H22.3C11H10O2.3C6H4O2.C6H8.C5H6/c1-17(2,3)13-7-8-10-9(7)15(19)11(13)12(16(10)20)14(8)18(4,5)6;1-17(2,3)11-7-8-12(18(4,5)6)16-14(20)10-9-13(19)15(11)16;13-9-5-6-10(14)12-8-2-1-7(3-4-8)11(9)12;1-11(2,3)9-7-8-10-12(4,5)6;2*12-10-6-2-1-3-5-4(2)8(10)9(5)11(13)7(3)6;12-8-3-4-9(13)11-7-2-1-6(5-7)10(8)11;3*7-5-1-2-6(8)4-3-5;1-2-4-6-5-3-1;1-2-4-5-3-1/h7-14H,1-6H3;7-12,15-16H,1-6H3;1-2,5-8,11-12H,3-4H2;7-10H,1-6H3;2*2-9H,1H2;1-4,6-7,10-11H,5H2;3*1-4H;1-4H,5-6H2;1-4H,5H2/b;;;9-7+,10-8+;;;;;;;;. The van der Waals surface area contributed by atoms with E-state index in [0.717, 1.165) is 25.7 Å². The summed E-state index contributed by atoms with van der Waals surface area (Å²) in [5, 5.41) is 0. The molecular weight excluding hydrogens is 1750 g/mol. The van der Waals surface area contributed by atoms with Crippen molar-refractivity contribution in [3.05, 3.63) is 219 Å². The Morgan fingerprint density at radius 3 is 0.664 bits per heavy atom. The third-order valence-corrected chi connectivity index (χ3v) is 36.0. The topological polar surface area (TPSA) is 307 Å². The third kappa shape index (κ3) is 19.1. The SMILES string of the molecule is C1=CCC=C1.C1=CCCC=C1.CC(C)(C)/C=C/C=C/C(C)(C)C.CC(C)(C)C1C2C(=O)C3C4C(=O)C2C(C(C)(C)C)C4C31.CC(C)(C)C1C=CC(C(C)(C)C)C2C(=O)C=CC(=O)C21.O=C1C2C3CC4C2C(=O)C2C1C3C42.O=C1C2C3CC4C2C(=O)C2C1C3C42.O=C1C=CC(=O)C2C3C=CC(C3)C12.O=C1C=CC(=O)C2C3C=CC(CC3)C12.O=C1C=CC(=O)C=C1.O=C1C=CC(=O)C=C1.O=C1C=CC(=O)C=C1. The van der Waals surface area contributed by atoms with Crippen LogP contribution in [0.4, 0.5) is 0 Å². The Bertz CT molecular complexity index is 5220. The van der Waals surface area contributed by atoms with Crippen LogP contribution in [-0.2, 0) is 86.3 Å². The fourth-order valence-corrected chi connectivity index (χ4v) is 31.1. The van der Waals surface area contributed by atoms with Crippen LogP contribution >= 0.6 is 0 Å². The van der Waals surface area contributed by atoms with E-state index in [9.17, 15) is 86.3 Å². The summed E-state index contributed by atoms with van der Waals surface area (Å²) >= 11 is 0. The van der Waals surface area contributed by atoms with E-state index in [4.69, 9.17) is 0 Å². The number of allylic oxidation sites excluding steroid dienone is 36. The molecule has 36 unspecified atom stereocenters.